The van der Waals surface area contributed by atoms with Crippen LogP contribution in [0.25, 0.3) is 10.9 Å². The van der Waals surface area contributed by atoms with Gasteiger partial charge in [0.25, 0.3) is 0 Å². The van der Waals surface area contributed by atoms with Crippen LogP contribution in [-0.2, 0) is 0 Å². The number of anilines is 1. The highest BCUT2D eigenvalue weighted by Gasteiger charge is 2.08. The van der Waals surface area contributed by atoms with Gasteiger partial charge in [-0.3, -0.25) is 4.98 Å². The molecule has 0 radical (unpaired) electrons. The molecule has 3 aromatic rings. The number of nitrogens with one attached hydrogen (secondary N) is 1. The maximum Gasteiger partial charge on any atom is 0.224 e. The first-order chi connectivity index (χ1) is 9.36. The smallest absolute Gasteiger partial charge is 0.224 e. The van der Waals surface area contributed by atoms with Crippen molar-refractivity contribution < 1.29 is 0 Å². The van der Waals surface area contributed by atoms with E-state index in [9.17, 15) is 0 Å². The predicted octanol–water partition coefficient (Wildman–Crippen LogP) is 3.22. The molecule has 4 nitrogen and oxygen atoms in total. The fourth-order valence-electron chi connectivity index (χ4n) is 1.75. The van der Waals surface area contributed by atoms with E-state index in [1.807, 2.05) is 43.4 Å². The lowest BCUT2D eigenvalue weighted by molar-refractivity contribution is 1.09. The van der Waals surface area contributed by atoms with Gasteiger partial charge in [-0.15, -0.1) is 0 Å². The third kappa shape index (κ3) is 2.51. The van der Waals surface area contributed by atoms with Crippen molar-refractivity contribution in [3.8, 4) is 0 Å². The zero-order chi connectivity index (χ0) is 13.1. The summed E-state index contributed by atoms with van der Waals surface area (Å²) in [6.45, 7) is 0. The Balaban J connectivity index is 2.11. The molecule has 0 unspecified atom stereocenters. The third-order valence-electron chi connectivity index (χ3n) is 2.66. The van der Waals surface area contributed by atoms with Crippen LogP contribution in [-0.4, -0.2) is 22.0 Å². The van der Waals surface area contributed by atoms with Gasteiger partial charge in [-0.2, -0.15) is 0 Å². The van der Waals surface area contributed by atoms with E-state index in [0.29, 0.717) is 5.95 Å². The van der Waals surface area contributed by atoms with E-state index >= 15 is 0 Å². The van der Waals surface area contributed by atoms with Crippen LogP contribution in [0.4, 0.5) is 5.95 Å². The van der Waals surface area contributed by atoms with Crippen LogP contribution < -0.4 is 5.32 Å². The molecule has 0 aliphatic heterocycles. The molecule has 1 N–H and O–H groups in total. The summed E-state index contributed by atoms with van der Waals surface area (Å²) in [5, 5.41) is 5.00. The highest BCUT2D eigenvalue weighted by molar-refractivity contribution is 7.99. The normalized spacial score (nSPS) is 10.6. The monoisotopic (exact) mass is 268 g/mol. The van der Waals surface area contributed by atoms with E-state index in [1.54, 1.807) is 24.2 Å². The van der Waals surface area contributed by atoms with E-state index in [1.165, 1.54) is 0 Å². The zero-order valence-corrected chi connectivity index (χ0v) is 11.2. The first-order valence-corrected chi connectivity index (χ1v) is 6.71. The van der Waals surface area contributed by atoms with Gasteiger partial charge >= 0.3 is 0 Å². The zero-order valence-electron chi connectivity index (χ0n) is 10.4. The van der Waals surface area contributed by atoms with E-state index in [0.717, 1.165) is 20.8 Å². The third-order valence-corrected chi connectivity index (χ3v) is 3.67. The van der Waals surface area contributed by atoms with Gasteiger partial charge in [0.2, 0.25) is 5.95 Å². The maximum absolute atomic E-state index is 4.54. The van der Waals surface area contributed by atoms with Gasteiger partial charge in [0.15, 0.2) is 0 Å². The Hall–Kier alpha value is -2.14. The van der Waals surface area contributed by atoms with Crippen molar-refractivity contribution in [2.45, 2.75) is 9.92 Å². The average Bonchev–Trinajstić information content (AvgIpc) is 2.48. The Kier molecular flexibility index (Phi) is 3.29. The molecule has 19 heavy (non-hydrogen) atoms. The van der Waals surface area contributed by atoms with Crippen LogP contribution in [0, 0.1) is 0 Å². The topological polar surface area (TPSA) is 50.7 Å². The van der Waals surface area contributed by atoms with Crippen molar-refractivity contribution in [3.63, 3.8) is 0 Å². The molecule has 0 bridgehead atoms. The summed E-state index contributed by atoms with van der Waals surface area (Å²) in [6, 6.07) is 12.0. The van der Waals surface area contributed by atoms with E-state index in [2.05, 4.69) is 20.3 Å². The van der Waals surface area contributed by atoms with Crippen molar-refractivity contribution in [3.05, 3.63) is 48.8 Å². The Morgan fingerprint density at radius 2 is 1.79 bits per heavy atom. The summed E-state index contributed by atoms with van der Waals surface area (Å²) < 4.78 is 0. The Morgan fingerprint density at radius 3 is 2.58 bits per heavy atom. The highest BCUT2D eigenvalue weighted by atomic mass is 32.2. The number of nitrogens with zero attached hydrogens (tertiary/aromatic N) is 3. The van der Waals surface area contributed by atoms with Crippen molar-refractivity contribution >= 4 is 28.6 Å². The number of para-hydroxylation sites is 1. The van der Waals surface area contributed by atoms with E-state index in [-0.39, 0.29) is 0 Å². The first-order valence-electron chi connectivity index (χ1n) is 5.89. The SMILES string of the molecule is CNc1nc(Sc2ccncc2)c2ccccc2n1. The molecule has 0 amide bonds. The summed E-state index contributed by atoms with van der Waals surface area (Å²) in [5.74, 6) is 0.634. The molecule has 0 atom stereocenters. The van der Waals surface area contributed by atoms with Gasteiger partial charge in [-0.1, -0.05) is 30.0 Å². The molecule has 1 aromatic carbocycles. The lowest BCUT2D eigenvalue weighted by atomic mass is 10.2. The quantitative estimate of drug-likeness (QED) is 0.739. The predicted molar refractivity (Wildman–Crippen MR) is 77.4 cm³/mol. The molecule has 0 fully saturated rings. The summed E-state index contributed by atoms with van der Waals surface area (Å²) >= 11 is 1.62. The minimum absolute atomic E-state index is 0.634. The van der Waals surface area contributed by atoms with Gasteiger partial charge in [-0.05, 0) is 18.2 Å². The van der Waals surface area contributed by atoms with Crippen LogP contribution in [0.2, 0.25) is 0 Å². The van der Waals surface area contributed by atoms with Crippen molar-refractivity contribution in [1.82, 2.24) is 15.0 Å². The molecule has 0 aliphatic rings. The number of benzene rings is 1. The summed E-state index contributed by atoms with van der Waals surface area (Å²) in [4.78, 5) is 14.1. The molecule has 0 saturated carbocycles. The first kappa shape index (κ1) is 11.9. The van der Waals surface area contributed by atoms with Gasteiger partial charge in [0.1, 0.15) is 5.03 Å². The van der Waals surface area contributed by atoms with Crippen LogP contribution in [0.1, 0.15) is 0 Å². The molecular formula is C14H12N4S. The highest BCUT2D eigenvalue weighted by Crippen LogP contribution is 2.31. The minimum atomic E-state index is 0.634. The fourth-order valence-corrected chi connectivity index (χ4v) is 2.65. The lowest BCUT2D eigenvalue weighted by Gasteiger charge is -2.07. The number of fused-ring (bicyclic) bond motifs is 1. The molecule has 0 aliphatic carbocycles. The van der Waals surface area contributed by atoms with E-state index < -0.39 is 0 Å². The van der Waals surface area contributed by atoms with Gasteiger partial charge < -0.3 is 5.32 Å². The Labute approximate surface area is 115 Å². The second-order valence-electron chi connectivity index (χ2n) is 3.90. The summed E-state index contributed by atoms with van der Waals surface area (Å²) in [5.41, 5.74) is 0.943. The van der Waals surface area contributed by atoms with Gasteiger partial charge in [0.05, 0.1) is 5.52 Å². The molecule has 94 valence electrons. The molecule has 2 aromatic heterocycles. The van der Waals surface area contributed by atoms with Gasteiger partial charge in [-0.25, -0.2) is 9.97 Å². The van der Waals surface area contributed by atoms with Crippen LogP contribution in [0.15, 0.2) is 58.7 Å². The summed E-state index contributed by atoms with van der Waals surface area (Å²) in [6.07, 6.45) is 3.56. The number of hydrogen-bond donors (Lipinski definition) is 1. The van der Waals surface area contributed by atoms with Crippen LogP contribution >= 0.6 is 11.8 Å². The molecule has 0 saturated heterocycles. The average molecular weight is 268 g/mol. The van der Waals surface area contributed by atoms with Crippen LogP contribution in [0.3, 0.4) is 0 Å². The second kappa shape index (κ2) is 5.24. The summed E-state index contributed by atoms with van der Waals surface area (Å²) in [7, 11) is 1.82. The largest absolute Gasteiger partial charge is 0.357 e. The number of aromatic nitrogens is 3. The van der Waals surface area contributed by atoms with Gasteiger partial charge in [0, 0.05) is 29.7 Å². The van der Waals surface area contributed by atoms with Crippen molar-refractivity contribution in [2.75, 3.05) is 12.4 Å². The number of rotatable bonds is 3. The lowest BCUT2D eigenvalue weighted by Crippen LogP contribution is -1.98. The second-order valence-corrected chi connectivity index (χ2v) is 4.97. The van der Waals surface area contributed by atoms with Crippen molar-refractivity contribution in [1.29, 1.82) is 0 Å². The molecule has 3 rings (SSSR count). The molecule has 5 heteroatoms. The molecular weight excluding hydrogens is 256 g/mol. The van der Waals surface area contributed by atoms with Crippen LogP contribution in [0.5, 0.6) is 0 Å². The standard InChI is InChI=1S/C14H12N4S/c1-15-14-17-12-5-3-2-4-11(12)13(18-14)19-10-6-8-16-9-7-10/h2-9H,1H3,(H,15,17,18). The number of pyridine rings is 1. The Morgan fingerprint density at radius 1 is 1.00 bits per heavy atom. The minimum Gasteiger partial charge on any atom is -0.357 e. The molecule has 2 heterocycles. The maximum atomic E-state index is 4.54. The van der Waals surface area contributed by atoms with Crippen molar-refractivity contribution in [2.24, 2.45) is 0 Å². The molecule has 0 spiro atoms. The number of hydrogen-bond acceptors (Lipinski definition) is 5. The Bertz CT molecular complexity index is 700. The fraction of sp³-hybridized carbons (Fsp3) is 0.0714. The van der Waals surface area contributed by atoms with E-state index in [4.69, 9.17) is 0 Å².